The van der Waals surface area contributed by atoms with E-state index in [1.165, 1.54) is 16.8 Å². The van der Waals surface area contributed by atoms with Crippen molar-refractivity contribution in [1.82, 2.24) is 4.90 Å². The molecule has 1 unspecified atom stereocenters. The van der Waals surface area contributed by atoms with E-state index in [0.29, 0.717) is 5.92 Å². The molecule has 92 valence electrons. The van der Waals surface area contributed by atoms with Gasteiger partial charge in [-0.15, -0.1) is 0 Å². The zero-order chi connectivity index (χ0) is 12.7. The summed E-state index contributed by atoms with van der Waals surface area (Å²) in [7, 11) is 4.19. The largest absolute Gasteiger partial charge is 0.381 e. The van der Waals surface area contributed by atoms with Gasteiger partial charge in [0.25, 0.3) is 0 Å². The van der Waals surface area contributed by atoms with Crippen molar-refractivity contribution in [2.75, 3.05) is 14.1 Å². The first kappa shape index (κ1) is 15.0. The zero-order valence-corrected chi connectivity index (χ0v) is 12.0. The van der Waals surface area contributed by atoms with E-state index in [2.05, 4.69) is 71.8 Å². The fourth-order valence-electron chi connectivity index (χ4n) is 1.51. The highest BCUT2D eigenvalue weighted by Crippen LogP contribution is 2.17. The first-order valence-corrected chi connectivity index (χ1v) is 6.09. The Balaban J connectivity index is 4.65. The Labute approximate surface area is 102 Å². The summed E-state index contributed by atoms with van der Waals surface area (Å²) in [5.74, 6) is 0.502. The molecule has 0 N–H and O–H groups in total. The minimum absolute atomic E-state index is 0.502. The van der Waals surface area contributed by atoms with Crippen LogP contribution in [0.2, 0.25) is 0 Å². The quantitative estimate of drug-likeness (QED) is 0.622. The molecule has 0 saturated carbocycles. The molecule has 0 aromatic carbocycles. The van der Waals surface area contributed by atoms with E-state index in [1.807, 2.05) is 0 Å². The first-order chi connectivity index (χ1) is 7.40. The number of nitrogens with zero attached hydrogens (tertiary/aromatic N) is 1. The standard InChI is InChI=1S/C15H27N/c1-8-9-12(2)10-11-13(3)14(4)15(5)16(6)7/h9-11,13H,8H2,1-7H3/b11-10-,12-9-,15-14-. The highest BCUT2D eigenvalue weighted by Gasteiger charge is 2.05. The van der Waals surface area contributed by atoms with Gasteiger partial charge in [0.05, 0.1) is 0 Å². The van der Waals surface area contributed by atoms with Gasteiger partial charge in [-0.1, -0.05) is 37.6 Å². The Hall–Kier alpha value is -0.980. The summed E-state index contributed by atoms with van der Waals surface area (Å²) in [4.78, 5) is 2.18. The van der Waals surface area contributed by atoms with Crippen LogP contribution in [0.1, 0.15) is 41.0 Å². The van der Waals surface area contributed by atoms with Gasteiger partial charge in [0.15, 0.2) is 0 Å². The molecule has 0 aromatic rings. The van der Waals surface area contributed by atoms with E-state index in [1.54, 1.807) is 0 Å². The van der Waals surface area contributed by atoms with Crippen LogP contribution < -0.4 is 0 Å². The maximum absolute atomic E-state index is 2.28. The van der Waals surface area contributed by atoms with Gasteiger partial charge in [0.2, 0.25) is 0 Å². The average Bonchev–Trinajstić information content (AvgIpc) is 2.24. The Morgan fingerprint density at radius 3 is 2.19 bits per heavy atom. The van der Waals surface area contributed by atoms with Crippen molar-refractivity contribution in [3.8, 4) is 0 Å². The summed E-state index contributed by atoms with van der Waals surface area (Å²) in [6.45, 7) is 11.0. The SMILES string of the molecule is CC/C=C(C)\C=C/C(C)/C(C)=C(/C)N(C)C. The molecule has 0 spiro atoms. The molecule has 0 saturated heterocycles. The summed E-state index contributed by atoms with van der Waals surface area (Å²) in [5.41, 5.74) is 4.14. The predicted molar refractivity (Wildman–Crippen MR) is 74.4 cm³/mol. The van der Waals surface area contributed by atoms with Crippen molar-refractivity contribution in [3.05, 3.63) is 35.1 Å². The van der Waals surface area contributed by atoms with E-state index in [9.17, 15) is 0 Å². The topological polar surface area (TPSA) is 3.24 Å². The molecular formula is C15H27N. The molecule has 0 aliphatic rings. The number of rotatable bonds is 5. The van der Waals surface area contributed by atoms with Gasteiger partial charge >= 0.3 is 0 Å². The summed E-state index contributed by atoms with van der Waals surface area (Å²) in [5, 5.41) is 0. The lowest BCUT2D eigenvalue weighted by atomic mass is 9.99. The number of hydrogen-bond acceptors (Lipinski definition) is 1. The Bertz CT molecular complexity index is 293. The fraction of sp³-hybridized carbons (Fsp3) is 0.600. The Morgan fingerprint density at radius 2 is 1.75 bits per heavy atom. The second-order valence-corrected chi connectivity index (χ2v) is 4.67. The van der Waals surface area contributed by atoms with Crippen LogP contribution in [0, 0.1) is 5.92 Å². The second-order valence-electron chi connectivity index (χ2n) is 4.67. The zero-order valence-electron chi connectivity index (χ0n) is 12.0. The highest BCUT2D eigenvalue weighted by atomic mass is 15.1. The lowest BCUT2D eigenvalue weighted by Gasteiger charge is -2.19. The highest BCUT2D eigenvalue weighted by molar-refractivity contribution is 5.21. The smallest absolute Gasteiger partial charge is 0.00908 e. The Morgan fingerprint density at radius 1 is 1.19 bits per heavy atom. The van der Waals surface area contributed by atoms with Crippen LogP contribution in [0.15, 0.2) is 35.1 Å². The van der Waals surface area contributed by atoms with Crippen LogP contribution in [0.3, 0.4) is 0 Å². The molecule has 1 atom stereocenters. The summed E-state index contributed by atoms with van der Waals surface area (Å²) in [6, 6.07) is 0. The lowest BCUT2D eigenvalue weighted by Crippen LogP contribution is -2.12. The van der Waals surface area contributed by atoms with Gasteiger partial charge < -0.3 is 4.90 Å². The van der Waals surface area contributed by atoms with Crippen molar-refractivity contribution >= 4 is 0 Å². The van der Waals surface area contributed by atoms with E-state index < -0.39 is 0 Å². The van der Waals surface area contributed by atoms with Gasteiger partial charge in [-0.05, 0) is 38.7 Å². The molecule has 0 aliphatic carbocycles. The molecule has 1 nitrogen and oxygen atoms in total. The molecule has 1 heteroatoms. The third-order valence-electron chi connectivity index (χ3n) is 3.10. The first-order valence-electron chi connectivity index (χ1n) is 6.09. The molecule has 16 heavy (non-hydrogen) atoms. The molecule has 0 amide bonds. The van der Waals surface area contributed by atoms with E-state index in [0.717, 1.165) is 6.42 Å². The van der Waals surface area contributed by atoms with Gasteiger partial charge in [0, 0.05) is 19.8 Å². The van der Waals surface area contributed by atoms with Crippen LogP contribution >= 0.6 is 0 Å². The van der Waals surface area contributed by atoms with Crippen molar-refractivity contribution in [2.45, 2.75) is 41.0 Å². The molecule has 0 rings (SSSR count). The van der Waals surface area contributed by atoms with Gasteiger partial charge in [0.1, 0.15) is 0 Å². The lowest BCUT2D eigenvalue weighted by molar-refractivity contribution is 0.499. The van der Waals surface area contributed by atoms with Gasteiger partial charge in [-0.2, -0.15) is 0 Å². The monoisotopic (exact) mass is 221 g/mol. The van der Waals surface area contributed by atoms with Crippen LogP contribution in [-0.4, -0.2) is 19.0 Å². The minimum atomic E-state index is 0.502. The summed E-state index contributed by atoms with van der Waals surface area (Å²) >= 11 is 0. The van der Waals surface area contributed by atoms with Crippen molar-refractivity contribution in [1.29, 1.82) is 0 Å². The molecule has 0 fully saturated rings. The van der Waals surface area contributed by atoms with E-state index >= 15 is 0 Å². The maximum atomic E-state index is 2.28. The maximum Gasteiger partial charge on any atom is 0.00908 e. The van der Waals surface area contributed by atoms with Crippen molar-refractivity contribution in [2.24, 2.45) is 5.92 Å². The van der Waals surface area contributed by atoms with Gasteiger partial charge in [-0.25, -0.2) is 0 Å². The molecule has 0 radical (unpaired) electrons. The van der Waals surface area contributed by atoms with E-state index in [4.69, 9.17) is 0 Å². The number of hydrogen-bond donors (Lipinski definition) is 0. The summed E-state index contributed by atoms with van der Waals surface area (Å²) in [6.07, 6.45) is 7.86. The van der Waals surface area contributed by atoms with Crippen molar-refractivity contribution in [3.63, 3.8) is 0 Å². The van der Waals surface area contributed by atoms with Crippen LogP contribution in [-0.2, 0) is 0 Å². The third kappa shape index (κ3) is 5.20. The summed E-state index contributed by atoms with van der Waals surface area (Å²) < 4.78 is 0. The second kappa shape index (κ2) is 7.32. The molecule has 0 aliphatic heterocycles. The fourth-order valence-corrected chi connectivity index (χ4v) is 1.51. The average molecular weight is 221 g/mol. The normalized spacial score (nSPS) is 16.3. The van der Waals surface area contributed by atoms with Crippen LogP contribution in [0.5, 0.6) is 0 Å². The Kier molecular flexibility index (Phi) is 6.87. The van der Waals surface area contributed by atoms with Crippen LogP contribution in [0.4, 0.5) is 0 Å². The van der Waals surface area contributed by atoms with Crippen LogP contribution in [0.25, 0.3) is 0 Å². The van der Waals surface area contributed by atoms with Crippen molar-refractivity contribution < 1.29 is 0 Å². The number of allylic oxidation sites excluding steroid dienone is 6. The van der Waals surface area contributed by atoms with Gasteiger partial charge in [-0.3, -0.25) is 0 Å². The predicted octanol–water partition coefficient (Wildman–Crippen LogP) is 4.39. The molecule has 0 bridgehead atoms. The minimum Gasteiger partial charge on any atom is -0.381 e. The molecule has 0 aromatic heterocycles. The third-order valence-corrected chi connectivity index (χ3v) is 3.10. The molecular weight excluding hydrogens is 194 g/mol. The van der Waals surface area contributed by atoms with E-state index in [-0.39, 0.29) is 0 Å². The molecule has 0 heterocycles.